The molecule has 1 aromatic rings. The number of nitrogens with zero attached hydrogens (tertiary/aromatic N) is 2. The van der Waals surface area contributed by atoms with Crippen LogP contribution in [0.5, 0.6) is 0 Å². The lowest BCUT2D eigenvalue weighted by atomic mass is 9.99. The molecule has 1 aromatic carbocycles. The number of hydrogen-bond acceptors (Lipinski definition) is 2. The van der Waals surface area contributed by atoms with Gasteiger partial charge in [-0.25, -0.2) is 0 Å². The summed E-state index contributed by atoms with van der Waals surface area (Å²) in [5, 5.41) is 9.12. The molecule has 1 rings (SSSR count). The fraction of sp³-hybridized carbons (Fsp3) is 0.467. The Hall–Kier alpha value is -1.82. The van der Waals surface area contributed by atoms with Gasteiger partial charge in [0.25, 0.3) is 0 Å². The highest BCUT2D eigenvalue weighted by atomic mass is 16.2. The lowest BCUT2D eigenvalue weighted by molar-refractivity contribution is -0.133. The van der Waals surface area contributed by atoms with Crippen molar-refractivity contribution in [3.05, 3.63) is 35.9 Å². The van der Waals surface area contributed by atoms with E-state index in [1.54, 1.807) is 4.90 Å². The average molecular weight is 244 g/mol. The highest BCUT2D eigenvalue weighted by molar-refractivity contribution is 5.81. The van der Waals surface area contributed by atoms with Crippen LogP contribution >= 0.6 is 0 Å². The van der Waals surface area contributed by atoms with E-state index >= 15 is 0 Å². The van der Waals surface area contributed by atoms with Crippen molar-refractivity contribution < 1.29 is 4.79 Å². The minimum absolute atomic E-state index is 0.0431. The van der Waals surface area contributed by atoms with Crippen LogP contribution in [0, 0.1) is 17.2 Å². The maximum Gasteiger partial charge on any atom is 0.239 e. The SMILES string of the molecule is CCN(CC)C(=O)C(C#N)CCc1ccccc1. The number of benzene rings is 1. The van der Waals surface area contributed by atoms with Crippen LogP contribution in [0.25, 0.3) is 0 Å². The fourth-order valence-corrected chi connectivity index (χ4v) is 1.95. The molecule has 0 heterocycles. The fourth-order valence-electron chi connectivity index (χ4n) is 1.95. The average Bonchev–Trinajstić information content (AvgIpc) is 2.42. The first kappa shape index (κ1) is 14.2. The van der Waals surface area contributed by atoms with Gasteiger partial charge in [0.05, 0.1) is 6.07 Å². The van der Waals surface area contributed by atoms with Gasteiger partial charge in [-0.15, -0.1) is 0 Å². The minimum Gasteiger partial charge on any atom is -0.342 e. The Kier molecular flexibility index (Phi) is 5.93. The van der Waals surface area contributed by atoms with E-state index in [-0.39, 0.29) is 5.91 Å². The van der Waals surface area contributed by atoms with E-state index in [9.17, 15) is 4.79 Å². The molecule has 0 radical (unpaired) electrons. The second kappa shape index (κ2) is 7.50. The molecule has 0 aliphatic carbocycles. The first-order chi connectivity index (χ1) is 8.72. The second-order valence-electron chi connectivity index (χ2n) is 4.22. The summed E-state index contributed by atoms with van der Waals surface area (Å²) in [6, 6.07) is 12.1. The van der Waals surface area contributed by atoms with Crippen LogP contribution < -0.4 is 0 Å². The lowest BCUT2D eigenvalue weighted by Gasteiger charge is -2.21. The topological polar surface area (TPSA) is 44.1 Å². The molecule has 0 saturated heterocycles. The third-order valence-corrected chi connectivity index (χ3v) is 3.09. The smallest absolute Gasteiger partial charge is 0.239 e. The summed E-state index contributed by atoms with van der Waals surface area (Å²) in [6.45, 7) is 5.21. The summed E-state index contributed by atoms with van der Waals surface area (Å²) < 4.78 is 0. The zero-order chi connectivity index (χ0) is 13.4. The second-order valence-corrected chi connectivity index (χ2v) is 4.22. The summed E-state index contributed by atoms with van der Waals surface area (Å²) in [5.74, 6) is -0.566. The van der Waals surface area contributed by atoms with Gasteiger partial charge in [0.1, 0.15) is 5.92 Å². The molecule has 0 aromatic heterocycles. The van der Waals surface area contributed by atoms with Crippen molar-refractivity contribution in [2.75, 3.05) is 13.1 Å². The first-order valence-electron chi connectivity index (χ1n) is 6.45. The van der Waals surface area contributed by atoms with Gasteiger partial charge in [-0.05, 0) is 32.3 Å². The van der Waals surface area contributed by atoms with E-state index < -0.39 is 5.92 Å². The molecule has 3 heteroatoms. The number of carbonyl (C=O) groups is 1. The highest BCUT2D eigenvalue weighted by Gasteiger charge is 2.21. The number of amides is 1. The van der Waals surface area contributed by atoms with E-state index in [1.165, 1.54) is 5.56 Å². The molecular formula is C15H20N2O. The molecule has 0 fully saturated rings. The zero-order valence-electron chi connectivity index (χ0n) is 11.1. The van der Waals surface area contributed by atoms with Gasteiger partial charge in [-0.2, -0.15) is 5.26 Å². The Morgan fingerprint density at radius 2 is 1.89 bits per heavy atom. The third-order valence-electron chi connectivity index (χ3n) is 3.09. The molecule has 1 unspecified atom stereocenters. The van der Waals surface area contributed by atoms with Gasteiger partial charge in [-0.3, -0.25) is 4.79 Å². The molecule has 1 amide bonds. The van der Waals surface area contributed by atoms with Crippen LogP contribution in [-0.4, -0.2) is 23.9 Å². The predicted octanol–water partition coefficient (Wildman–Crippen LogP) is 2.63. The summed E-state index contributed by atoms with van der Waals surface area (Å²) in [7, 11) is 0. The van der Waals surface area contributed by atoms with Crippen molar-refractivity contribution >= 4 is 5.91 Å². The third kappa shape index (κ3) is 3.89. The van der Waals surface area contributed by atoms with Crippen molar-refractivity contribution in [1.82, 2.24) is 4.90 Å². The molecule has 0 spiro atoms. The van der Waals surface area contributed by atoms with Gasteiger partial charge in [0.15, 0.2) is 0 Å². The highest BCUT2D eigenvalue weighted by Crippen LogP contribution is 2.12. The largest absolute Gasteiger partial charge is 0.342 e. The number of rotatable bonds is 6. The Bertz CT molecular complexity index is 404. The number of hydrogen-bond donors (Lipinski definition) is 0. The predicted molar refractivity (Wildman–Crippen MR) is 71.8 cm³/mol. The summed E-state index contributed by atoms with van der Waals surface area (Å²) in [4.78, 5) is 13.8. The standard InChI is InChI=1S/C15H20N2O/c1-3-17(4-2)15(18)14(12-16)11-10-13-8-6-5-7-9-13/h5-9,14H,3-4,10-11H2,1-2H3. The van der Waals surface area contributed by atoms with Gasteiger partial charge in [0, 0.05) is 13.1 Å². The molecule has 0 aliphatic rings. The molecule has 18 heavy (non-hydrogen) atoms. The normalized spacial score (nSPS) is 11.6. The van der Waals surface area contributed by atoms with Crippen molar-refractivity contribution in [3.8, 4) is 6.07 Å². The Balaban J connectivity index is 2.58. The first-order valence-corrected chi connectivity index (χ1v) is 6.45. The van der Waals surface area contributed by atoms with Gasteiger partial charge in [-0.1, -0.05) is 30.3 Å². The van der Waals surface area contributed by atoms with Crippen LogP contribution in [-0.2, 0) is 11.2 Å². The van der Waals surface area contributed by atoms with Gasteiger partial charge in [0.2, 0.25) is 5.91 Å². The van der Waals surface area contributed by atoms with Crippen molar-refractivity contribution in [1.29, 1.82) is 5.26 Å². The van der Waals surface area contributed by atoms with Crippen LogP contribution in [0.2, 0.25) is 0 Å². The zero-order valence-corrected chi connectivity index (χ0v) is 11.1. The number of aryl methyl sites for hydroxylation is 1. The Labute approximate surface area is 109 Å². The molecule has 0 aliphatic heterocycles. The van der Waals surface area contributed by atoms with E-state index in [2.05, 4.69) is 6.07 Å². The molecule has 0 bridgehead atoms. The summed E-state index contributed by atoms with van der Waals surface area (Å²) >= 11 is 0. The lowest BCUT2D eigenvalue weighted by Crippen LogP contribution is -2.35. The van der Waals surface area contributed by atoms with E-state index in [4.69, 9.17) is 5.26 Å². The monoisotopic (exact) mass is 244 g/mol. The molecular weight excluding hydrogens is 224 g/mol. The van der Waals surface area contributed by atoms with Crippen molar-refractivity contribution in [2.24, 2.45) is 5.92 Å². The van der Waals surface area contributed by atoms with Crippen molar-refractivity contribution in [2.45, 2.75) is 26.7 Å². The van der Waals surface area contributed by atoms with Crippen LogP contribution in [0.3, 0.4) is 0 Å². The van der Waals surface area contributed by atoms with Crippen molar-refractivity contribution in [3.63, 3.8) is 0 Å². The quantitative estimate of drug-likeness (QED) is 0.772. The summed E-state index contributed by atoms with van der Waals surface area (Å²) in [6.07, 6.45) is 1.36. The maximum absolute atomic E-state index is 12.1. The Morgan fingerprint density at radius 3 is 2.39 bits per heavy atom. The molecule has 1 atom stereocenters. The van der Waals surface area contributed by atoms with Gasteiger partial charge >= 0.3 is 0 Å². The summed E-state index contributed by atoms with van der Waals surface area (Å²) in [5.41, 5.74) is 1.17. The van der Waals surface area contributed by atoms with Crippen LogP contribution in [0.4, 0.5) is 0 Å². The number of nitriles is 1. The molecule has 3 nitrogen and oxygen atoms in total. The van der Waals surface area contributed by atoms with E-state index in [0.717, 1.165) is 6.42 Å². The van der Waals surface area contributed by atoms with Crippen LogP contribution in [0.1, 0.15) is 25.8 Å². The minimum atomic E-state index is -0.523. The maximum atomic E-state index is 12.1. The van der Waals surface area contributed by atoms with Gasteiger partial charge < -0.3 is 4.90 Å². The number of carbonyl (C=O) groups excluding carboxylic acids is 1. The molecule has 0 saturated carbocycles. The molecule has 0 N–H and O–H groups in total. The van der Waals surface area contributed by atoms with E-state index in [1.807, 2.05) is 44.2 Å². The van der Waals surface area contributed by atoms with E-state index in [0.29, 0.717) is 19.5 Å². The Morgan fingerprint density at radius 1 is 1.28 bits per heavy atom. The molecule has 96 valence electrons. The van der Waals surface area contributed by atoms with Crippen LogP contribution in [0.15, 0.2) is 30.3 Å².